The molecule has 0 N–H and O–H groups in total. The number of benzene rings is 4. The molecule has 0 unspecified atom stereocenters. The minimum absolute atomic E-state index is 0.171. The van der Waals surface area contributed by atoms with Gasteiger partial charge in [-0.05, 0) is 42.8 Å². The summed E-state index contributed by atoms with van der Waals surface area (Å²) in [7, 11) is 0. The highest BCUT2D eigenvalue weighted by Crippen LogP contribution is 2.43. The first-order valence-electron chi connectivity index (χ1n) is 11.0. The molecule has 2 aromatic heterocycles. The topological polar surface area (TPSA) is 43.4 Å². The maximum atomic E-state index is 13.1. The molecule has 6 aromatic rings. The highest BCUT2D eigenvalue weighted by molar-refractivity contribution is 6.30. The van der Waals surface area contributed by atoms with Crippen molar-refractivity contribution >= 4 is 39.3 Å². The Hall–Kier alpha value is -4.08. The maximum absolute atomic E-state index is 13.1. The lowest BCUT2D eigenvalue weighted by molar-refractivity contribution is 0.101. The van der Waals surface area contributed by atoms with Gasteiger partial charge in [-0.2, -0.15) is 0 Å². The monoisotopic (exact) mass is 462 g/mol. The van der Waals surface area contributed by atoms with Crippen LogP contribution in [0.25, 0.3) is 44.4 Å². The van der Waals surface area contributed by atoms with Gasteiger partial charge < -0.3 is 8.83 Å². The average molecular weight is 463 g/mol. The molecule has 0 radical (unpaired) electrons. The van der Waals surface area contributed by atoms with Gasteiger partial charge in [-0.25, -0.2) is 0 Å². The van der Waals surface area contributed by atoms with Gasteiger partial charge in [0.2, 0.25) is 5.78 Å². The van der Waals surface area contributed by atoms with Gasteiger partial charge in [0.05, 0.1) is 0 Å². The molecule has 0 saturated carbocycles. The van der Waals surface area contributed by atoms with Gasteiger partial charge in [0.1, 0.15) is 16.9 Å². The lowest BCUT2D eigenvalue weighted by Gasteiger charge is -2.04. The van der Waals surface area contributed by atoms with Gasteiger partial charge in [-0.1, -0.05) is 72.3 Å². The molecule has 34 heavy (non-hydrogen) atoms. The van der Waals surface area contributed by atoms with E-state index in [1.54, 1.807) is 24.3 Å². The van der Waals surface area contributed by atoms with Crippen LogP contribution in [0, 0.1) is 6.92 Å². The number of hydrogen-bond acceptors (Lipinski definition) is 3. The van der Waals surface area contributed by atoms with Crippen molar-refractivity contribution in [1.82, 2.24) is 0 Å². The Morgan fingerprint density at radius 3 is 2.00 bits per heavy atom. The molecule has 0 spiro atoms. The van der Waals surface area contributed by atoms with E-state index in [0.717, 1.165) is 38.8 Å². The first-order chi connectivity index (χ1) is 16.6. The van der Waals surface area contributed by atoms with E-state index >= 15 is 0 Å². The summed E-state index contributed by atoms with van der Waals surface area (Å²) >= 11 is 5.98. The predicted molar refractivity (Wildman–Crippen MR) is 136 cm³/mol. The van der Waals surface area contributed by atoms with E-state index in [4.69, 9.17) is 20.4 Å². The highest BCUT2D eigenvalue weighted by atomic mass is 35.5. The van der Waals surface area contributed by atoms with Gasteiger partial charge in [0.25, 0.3) is 0 Å². The summed E-state index contributed by atoms with van der Waals surface area (Å²) < 4.78 is 12.5. The molecule has 0 fully saturated rings. The number of fused-ring (bicyclic) bond motifs is 2. The molecule has 0 saturated heterocycles. The van der Waals surface area contributed by atoms with Crippen molar-refractivity contribution in [3.63, 3.8) is 0 Å². The summed E-state index contributed by atoms with van der Waals surface area (Å²) in [6.45, 7) is 1.92. The van der Waals surface area contributed by atoms with E-state index in [9.17, 15) is 4.79 Å². The van der Waals surface area contributed by atoms with Crippen LogP contribution in [0.2, 0.25) is 5.02 Å². The fourth-order valence-corrected chi connectivity index (χ4v) is 4.57. The van der Waals surface area contributed by atoms with Crippen LogP contribution in [-0.2, 0) is 0 Å². The number of halogens is 1. The zero-order valence-corrected chi connectivity index (χ0v) is 19.1. The average Bonchev–Trinajstić information content (AvgIpc) is 3.41. The standard InChI is InChI=1S/C30H19ClO3/c1-18-23-16-24-26(17-25(23)33-29(18)28(32)20-12-14-22(31)15-13-20)34-30(21-10-6-3-7-11-21)27(24)19-8-4-2-5-9-19/h2-17H,1H3. The quantitative estimate of drug-likeness (QED) is 0.246. The zero-order chi connectivity index (χ0) is 23.2. The number of furan rings is 2. The van der Waals surface area contributed by atoms with Crippen molar-refractivity contribution in [1.29, 1.82) is 0 Å². The van der Waals surface area contributed by atoms with Crippen LogP contribution >= 0.6 is 11.6 Å². The van der Waals surface area contributed by atoms with E-state index in [2.05, 4.69) is 18.2 Å². The minimum Gasteiger partial charge on any atom is -0.455 e. The largest absolute Gasteiger partial charge is 0.455 e. The second-order valence-electron chi connectivity index (χ2n) is 8.27. The maximum Gasteiger partial charge on any atom is 0.228 e. The molecule has 164 valence electrons. The molecule has 0 amide bonds. The van der Waals surface area contributed by atoms with E-state index in [-0.39, 0.29) is 5.78 Å². The first kappa shape index (κ1) is 20.5. The summed E-state index contributed by atoms with van der Waals surface area (Å²) in [6.07, 6.45) is 0. The minimum atomic E-state index is -0.171. The highest BCUT2D eigenvalue weighted by Gasteiger charge is 2.23. The van der Waals surface area contributed by atoms with Crippen LogP contribution in [0.3, 0.4) is 0 Å². The SMILES string of the molecule is Cc1c(C(=O)c2ccc(Cl)cc2)oc2cc3oc(-c4ccccc4)c(-c4ccccc4)c3cc12. The van der Waals surface area contributed by atoms with Gasteiger partial charge in [0.15, 0.2) is 5.76 Å². The summed E-state index contributed by atoms with van der Waals surface area (Å²) in [6, 6.07) is 31.1. The van der Waals surface area contributed by atoms with Crippen LogP contribution in [0.15, 0.2) is 106 Å². The number of ketones is 1. The van der Waals surface area contributed by atoms with Crippen molar-refractivity contribution in [2.24, 2.45) is 0 Å². The summed E-state index contributed by atoms with van der Waals surface area (Å²) in [5.74, 6) is 0.967. The molecule has 4 aromatic carbocycles. The van der Waals surface area contributed by atoms with Crippen LogP contribution in [0.1, 0.15) is 21.7 Å². The summed E-state index contributed by atoms with van der Waals surface area (Å²) in [5.41, 5.74) is 5.77. The Bertz CT molecular complexity index is 1660. The van der Waals surface area contributed by atoms with E-state index in [1.165, 1.54) is 0 Å². The Morgan fingerprint density at radius 1 is 0.706 bits per heavy atom. The van der Waals surface area contributed by atoms with Crippen LogP contribution in [0.4, 0.5) is 0 Å². The molecule has 0 bridgehead atoms. The molecule has 6 rings (SSSR count). The number of hydrogen-bond donors (Lipinski definition) is 0. The smallest absolute Gasteiger partial charge is 0.228 e. The molecule has 3 nitrogen and oxygen atoms in total. The molecule has 4 heteroatoms. The summed E-state index contributed by atoms with van der Waals surface area (Å²) in [5, 5.41) is 2.45. The first-order valence-corrected chi connectivity index (χ1v) is 11.4. The predicted octanol–water partition coefficient (Wildman–Crippen LogP) is 8.71. The van der Waals surface area contributed by atoms with Gasteiger partial charge >= 0.3 is 0 Å². The number of carbonyl (C=O) groups excluding carboxylic acids is 1. The molecule has 0 atom stereocenters. The third-order valence-electron chi connectivity index (χ3n) is 6.16. The lowest BCUT2D eigenvalue weighted by Crippen LogP contribution is -2.01. The molecule has 0 aliphatic heterocycles. The zero-order valence-electron chi connectivity index (χ0n) is 18.3. The van der Waals surface area contributed by atoms with Crippen molar-refractivity contribution in [2.45, 2.75) is 6.92 Å². The Kier molecular flexibility index (Phi) is 4.86. The van der Waals surface area contributed by atoms with Crippen LogP contribution in [-0.4, -0.2) is 5.78 Å². The van der Waals surface area contributed by atoms with Crippen molar-refractivity contribution in [3.8, 4) is 22.5 Å². The van der Waals surface area contributed by atoms with Crippen LogP contribution < -0.4 is 0 Å². The number of rotatable bonds is 4. The third kappa shape index (κ3) is 3.33. The molecule has 2 heterocycles. The van der Waals surface area contributed by atoms with Crippen molar-refractivity contribution in [2.75, 3.05) is 0 Å². The van der Waals surface area contributed by atoms with Crippen molar-refractivity contribution in [3.05, 3.63) is 119 Å². The fraction of sp³-hybridized carbons (Fsp3) is 0.0333. The van der Waals surface area contributed by atoms with Gasteiger partial charge in [0, 0.05) is 44.1 Å². The number of carbonyl (C=O) groups is 1. The Labute approximate surface area is 201 Å². The second kappa shape index (κ2) is 8.05. The Balaban J connectivity index is 1.58. The van der Waals surface area contributed by atoms with Gasteiger partial charge in [-0.3, -0.25) is 4.79 Å². The van der Waals surface area contributed by atoms with Crippen LogP contribution in [0.5, 0.6) is 0 Å². The van der Waals surface area contributed by atoms with E-state index in [1.807, 2.05) is 61.5 Å². The second-order valence-corrected chi connectivity index (χ2v) is 8.71. The third-order valence-corrected chi connectivity index (χ3v) is 6.41. The normalized spacial score (nSPS) is 11.4. The van der Waals surface area contributed by atoms with E-state index in [0.29, 0.717) is 27.5 Å². The van der Waals surface area contributed by atoms with Gasteiger partial charge in [-0.15, -0.1) is 0 Å². The number of aryl methyl sites for hydroxylation is 1. The molecular formula is C30H19ClO3. The Morgan fingerprint density at radius 2 is 1.32 bits per heavy atom. The lowest BCUT2D eigenvalue weighted by atomic mass is 9.97. The molecular weight excluding hydrogens is 444 g/mol. The fourth-order valence-electron chi connectivity index (χ4n) is 4.44. The molecule has 0 aliphatic carbocycles. The summed E-state index contributed by atoms with van der Waals surface area (Å²) in [4.78, 5) is 13.1. The van der Waals surface area contributed by atoms with Crippen molar-refractivity contribution < 1.29 is 13.6 Å². The molecule has 0 aliphatic rings. The van der Waals surface area contributed by atoms with E-state index < -0.39 is 0 Å².